The number of aliphatic hydroxyl groups excluding tert-OH is 1. The molecule has 3 aromatic rings. The Balaban J connectivity index is 1.73. The number of hydrogen-bond donors (Lipinski definition) is 2. The third-order valence-corrected chi connectivity index (χ3v) is 16.0. The number of carbonyl (C=O) groups is 3. The van der Waals surface area contributed by atoms with Crippen LogP contribution in [0, 0.1) is 0 Å². The van der Waals surface area contributed by atoms with Crippen molar-refractivity contribution in [1.29, 1.82) is 0 Å². The summed E-state index contributed by atoms with van der Waals surface area (Å²) in [5, 5.41) is 14.5. The Bertz CT molecular complexity index is 1820. The number of hydrogen-bond acceptors (Lipinski definition) is 16. The molecule has 0 spiro atoms. The van der Waals surface area contributed by atoms with Gasteiger partial charge in [0.15, 0.2) is 22.9 Å². The maximum absolute atomic E-state index is 13.5. The number of anilines is 1. The van der Waals surface area contributed by atoms with Crippen molar-refractivity contribution < 1.29 is 65.0 Å². The second-order valence-electron chi connectivity index (χ2n) is 15.6. The molecule has 60 heavy (non-hydrogen) atoms. The van der Waals surface area contributed by atoms with Gasteiger partial charge in [-0.3, -0.25) is 19.0 Å². The van der Waals surface area contributed by atoms with Gasteiger partial charge in [0.1, 0.15) is 43.4 Å². The molecular formula is C39H57N3O15Si3. The number of nitrogens with zero attached hydrogens (tertiary/aromatic N) is 2. The zero-order chi connectivity index (χ0) is 44.1. The van der Waals surface area contributed by atoms with Gasteiger partial charge in [-0.15, -0.1) is 0 Å². The Morgan fingerprint density at radius 1 is 0.800 bits per heavy atom. The molecule has 4 atom stereocenters. The first-order valence-electron chi connectivity index (χ1n) is 19.4. The van der Waals surface area contributed by atoms with E-state index in [2.05, 4.69) is 10.3 Å². The summed E-state index contributed by atoms with van der Waals surface area (Å²) in [6.45, 7) is 13.1. The van der Waals surface area contributed by atoms with Crippen LogP contribution in [-0.4, -0.2) is 116 Å². The van der Waals surface area contributed by atoms with E-state index in [4.69, 9.17) is 45.5 Å². The van der Waals surface area contributed by atoms with Crippen molar-refractivity contribution in [3.63, 3.8) is 0 Å². The molecule has 330 valence electrons. The molecule has 18 nitrogen and oxygen atoms in total. The van der Waals surface area contributed by atoms with Gasteiger partial charge in [0.2, 0.25) is 5.91 Å². The molecular weight excluding hydrogens is 837 g/mol. The molecule has 0 bridgehead atoms. The lowest BCUT2D eigenvalue weighted by atomic mass is 10.0. The molecule has 1 fully saturated rings. The number of benzene rings is 2. The molecule has 2 aromatic carbocycles. The third kappa shape index (κ3) is 15.8. The van der Waals surface area contributed by atoms with Gasteiger partial charge < -0.3 is 55.9 Å². The topological polar surface area (TPSA) is 211 Å². The zero-order valence-electron chi connectivity index (χ0n) is 35.5. The summed E-state index contributed by atoms with van der Waals surface area (Å²) in [5.74, 6) is -1.53. The predicted molar refractivity (Wildman–Crippen MR) is 223 cm³/mol. The monoisotopic (exact) mass is 893 g/mol. The number of carbonyl (C=O) groups excluding carboxylic acids is 3. The van der Waals surface area contributed by atoms with Gasteiger partial charge in [0.05, 0.1) is 19.8 Å². The summed E-state index contributed by atoms with van der Waals surface area (Å²) in [6.07, 6.45) is -4.85. The lowest BCUT2D eigenvalue weighted by Gasteiger charge is -2.40. The smallest absolute Gasteiger partial charge is 0.463 e. The minimum Gasteiger partial charge on any atom is -0.463 e. The first kappa shape index (κ1) is 48.7. The highest BCUT2D eigenvalue weighted by atomic mass is 28.5. The number of rotatable bonds is 23. The molecule has 1 saturated heterocycles. The molecule has 1 amide bonds. The summed E-state index contributed by atoms with van der Waals surface area (Å²) < 4.78 is 62.5. The van der Waals surface area contributed by atoms with Crippen molar-refractivity contribution in [2.75, 3.05) is 38.4 Å². The van der Waals surface area contributed by atoms with E-state index in [1.807, 2.05) is 99.9 Å². The van der Waals surface area contributed by atoms with Crippen LogP contribution in [-0.2, 0) is 59.9 Å². The van der Waals surface area contributed by atoms with Crippen molar-refractivity contribution in [3.05, 3.63) is 94.5 Å². The van der Waals surface area contributed by atoms with Gasteiger partial charge in [0, 0.05) is 27.0 Å². The maximum atomic E-state index is 13.5. The molecule has 1 aromatic heterocycles. The fraction of sp³-hybridized carbons (Fsp3) is 0.513. The molecule has 0 unspecified atom stereocenters. The van der Waals surface area contributed by atoms with E-state index in [0.29, 0.717) is 0 Å². The fourth-order valence-electron chi connectivity index (χ4n) is 5.82. The van der Waals surface area contributed by atoms with Crippen LogP contribution in [0.15, 0.2) is 77.7 Å². The van der Waals surface area contributed by atoms with Gasteiger partial charge in [-0.1, -0.05) is 60.7 Å². The van der Waals surface area contributed by atoms with Crippen molar-refractivity contribution in [2.45, 2.75) is 97.2 Å². The number of nitrogens with one attached hydrogen (secondary N) is 1. The molecule has 21 heteroatoms. The van der Waals surface area contributed by atoms with Crippen LogP contribution < -0.4 is 11.0 Å². The third-order valence-electron chi connectivity index (χ3n) is 8.03. The minimum absolute atomic E-state index is 0.00792. The average Bonchev–Trinajstić information content (AvgIpc) is 3.45. The van der Waals surface area contributed by atoms with Gasteiger partial charge in [0.25, 0.3) is 6.48 Å². The molecule has 0 radical (unpaired) electrons. The molecule has 2 heterocycles. The zero-order valence-corrected chi connectivity index (χ0v) is 38.5. The first-order valence-corrected chi connectivity index (χ1v) is 27.9. The van der Waals surface area contributed by atoms with Crippen LogP contribution in [0.5, 0.6) is 0 Å². The van der Waals surface area contributed by atoms with E-state index in [0.717, 1.165) is 15.7 Å². The molecule has 1 aliphatic rings. The average molecular weight is 894 g/mol. The normalized spacial score (nSPS) is 18.5. The second kappa shape index (κ2) is 22.2. The van der Waals surface area contributed by atoms with Gasteiger partial charge in [-0.25, -0.2) is 4.79 Å². The summed E-state index contributed by atoms with van der Waals surface area (Å²) in [6, 6.07) is 20.6. The maximum Gasteiger partial charge on any atom is 0.659 e. The predicted octanol–water partition coefficient (Wildman–Crippen LogP) is 4.25. The van der Waals surface area contributed by atoms with Crippen molar-refractivity contribution in [3.8, 4) is 0 Å². The number of esters is 2. The molecule has 4 rings (SSSR count). The van der Waals surface area contributed by atoms with E-state index >= 15 is 0 Å². The van der Waals surface area contributed by atoms with Crippen LogP contribution in [0.2, 0.25) is 39.3 Å². The Labute approximate surface area is 353 Å². The highest BCUT2D eigenvalue weighted by molar-refractivity contribution is 6.83. The van der Waals surface area contributed by atoms with Crippen molar-refractivity contribution in [2.24, 2.45) is 0 Å². The van der Waals surface area contributed by atoms with Crippen molar-refractivity contribution in [1.82, 2.24) is 9.55 Å². The van der Waals surface area contributed by atoms with E-state index in [1.54, 1.807) is 0 Å². The molecule has 0 saturated carbocycles. The van der Waals surface area contributed by atoms with E-state index < -0.39 is 86.3 Å². The largest absolute Gasteiger partial charge is 0.659 e. The highest BCUT2D eigenvalue weighted by Gasteiger charge is 2.56. The van der Waals surface area contributed by atoms with Crippen LogP contribution in [0.4, 0.5) is 5.82 Å². The first-order chi connectivity index (χ1) is 28.2. The fourth-order valence-corrected chi connectivity index (χ4v) is 14.2. The minimum atomic E-state index is -4.21. The van der Waals surface area contributed by atoms with Crippen LogP contribution in [0.1, 0.15) is 44.2 Å². The van der Waals surface area contributed by atoms with Gasteiger partial charge >= 0.3 is 26.7 Å². The Morgan fingerprint density at radius 3 is 1.77 bits per heavy atom. The number of amides is 1. The molecule has 2 N–H and O–H groups in total. The standard InChI is InChI=1S/C39H57N3O15Si3/c1-27(43)40-33-20-21-42(38(47)41-33)37-36(54-39(50-24-22-48-28(2)44)51-25-23-49-29(3)45)34(46)32(53-37)26-52-60(56-58(4,5)6,57-59(7,8)9)55-35(30-16-12-10-13-17-30)31-18-14-11-15-19-31/h10-21,32,34-37,39,46H,22-26H2,1-9H3,(H,40,41,43,47)/t32-,34-,36-,37-/m1/s1/i40+1,41+1. The van der Waals surface area contributed by atoms with E-state index in [1.165, 1.54) is 33.0 Å². The Kier molecular flexibility index (Phi) is 18.0. The SMILES string of the molecule is CC(=O)[15NH]c1ccn([C@@H]2O[C@H](CO[Si](OC(c3ccccc3)c3ccccc3)(O[Si](C)(C)C)O[Si](C)(C)C)[C@@H](O)[C@H]2OC(OCCOC(C)=O)OCCOC(C)=O)c(=O)[15n]1. The lowest BCUT2D eigenvalue weighted by molar-refractivity contribution is -0.321. The summed E-state index contributed by atoms with van der Waals surface area (Å²) in [4.78, 5) is 51.9. The number of aliphatic hydroxyl groups is 1. The molecule has 0 aliphatic carbocycles. The summed E-state index contributed by atoms with van der Waals surface area (Å²) >= 11 is 0. The second-order valence-corrected chi connectivity index (χ2v) is 27.2. The van der Waals surface area contributed by atoms with Gasteiger partial charge in [-0.05, 0) is 56.5 Å². The Hall–Kier alpha value is -3.98. The number of ether oxygens (including phenoxy) is 6. The van der Waals surface area contributed by atoms with Gasteiger partial charge in [-0.2, -0.15) is 4.98 Å². The Morgan fingerprint density at radius 2 is 1.32 bits per heavy atom. The summed E-state index contributed by atoms with van der Waals surface area (Å²) in [7, 11) is -9.26. The van der Waals surface area contributed by atoms with Crippen LogP contribution in [0.3, 0.4) is 0 Å². The highest BCUT2D eigenvalue weighted by Crippen LogP contribution is 2.37. The van der Waals surface area contributed by atoms with Crippen LogP contribution >= 0.6 is 0 Å². The van der Waals surface area contributed by atoms with Crippen LogP contribution in [0.25, 0.3) is 0 Å². The van der Waals surface area contributed by atoms with E-state index in [9.17, 15) is 24.3 Å². The lowest BCUT2D eigenvalue weighted by Crippen LogP contribution is -2.60. The van der Waals surface area contributed by atoms with Crippen molar-refractivity contribution >= 4 is 49.3 Å². The quantitative estimate of drug-likeness (QED) is 0.0448. The number of aromatic nitrogens is 2. The van der Waals surface area contributed by atoms with E-state index in [-0.39, 0.29) is 38.9 Å². The summed E-state index contributed by atoms with van der Waals surface area (Å²) in [5.41, 5.74) is 0.814. The molecule has 1 aliphatic heterocycles.